The van der Waals surface area contributed by atoms with Crippen molar-refractivity contribution in [3.05, 3.63) is 75.9 Å². The van der Waals surface area contributed by atoms with Crippen molar-refractivity contribution in [2.75, 3.05) is 0 Å². The molecule has 128 valence electrons. The number of nitrogens with one attached hydrogen (secondary N) is 1. The second-order valence-corrected chi connectivity index (χ2v) is 6.70. The molecule has 25 heavy (non-hydrogen) atoms. The number of carbonyl (C=O) groups is 1. The van der Waals surface area contributed by atoms with Gasteiger partial charge in [0.05, 0.1) is 5.69 Å². The maximum absolute atomic E-state index is 13.3. The molecule has 2 aromatic heterocycles. The Morgan fingerprint density at radius 2 is 2.08 bits per heavy atom. The van der Waals surface area contributed by atoms with E-state index in [0.29, 0.717) is 24.9 Å². The third-order valence-corrected chi connectivity index (χ3v) is 4.68. The minimum absolute atomic E-state index is 0.0177. The van der Waals surface area contributed by atoms with Gasteiger partial charge in [0.15, 0.2) is 0 Å². The smallest absolute Gasteiger partial charge is 0.220 e. The molecule has 1 N–H and O–H groups in total. The summed E-state index contributed by atoms with van der Waals surface area (Å²) in [6.07, 6.45) is 2.74. The van der Waals surface area contributed by atoms with E-state index in [4.69, 9.17) is 0 Å². The Morgan fingerprint density at radius 1 is 1.20 bits per heavy atom. The zero-order valence-electron chi connectivity index (χ0n) is 14.0. The van der Waals surface area contributed by atoms with Crippen LogP contribution in [-0.2, 0) is 17.8 Å². The van der Waals surface area contributed by atoms with Gasteiger partial charge in [-0.05, 0) is 59.7 Å². The summed E-state index contributed by atoms with van der Waals surface area (Å²) >= 11 is 1.63. The van der Waals surface area contributed by atoms with Crippen LogP contribution in [0, 0.1) is 12.7 Å². The SMILES string of the molecule is Cc1cc(CCC(=O)NCc2ccnc(-c3ccsc3)c2)ccc1F. The number of nitrogens with zero attached hydrogens (tertiary/aromatic N) is 1. The first-order valence-electron chi connectivity index (χ1n) is 8.11. The van der Waals surface area contributed by atoms with Crippen LogP contribution in [0.1, 0.15) is 23.1 Å². The molecule has 0 aliphatic heterocycles. The number of carbonyl (C=O) groups excluding carboxylic acids is 1. The van der Waals surface area contributed by atoms with E-state index >= 15 is 0 Å². The van der Waals surface area contributed by atoms with E-state index in [1.165, 1.54) is 6.07 Å². The molecule has 1 aromatic carbocycles. The van der Waals surface area contributed by atoms with E-state index in [2.05, 4.69) is 15.7 Å². The van der Waals surface area contributed by atoms with Crippen LogP contribution in [0.15, 0.2) is 53.4 Å². The standard InChI is InChI=1S/C20H19FN2OS/c1-14-10-15(2-4-18(14)21)3-5-20(24)23-12-16-6-8-22-19(11-16)17-7-9-25-13-17/h2,4,6-11,13H,3,5,12H2,1H3,(H,23,24). The molecule has 0 saturated carbocycles. The van der Waals surface area contributed by atoms with Crippen LogP contribution in [0.25, 0.3) is 11.3 Å². The van der Waals surface area contributed by atoms with Crippen LogP contribution in [0.2, 0.25) is 0 Å². The minimum Gasteiger partial charge on any atom is -0.352 e. The van der Waals surface area contributed by atoms with Crippen LogP contribution < -0.4 is 5.32 Å². The Hall–Kier alpha value is -2.53. The van der Waals surface area contributed by atoms with Gasteiger partial charge >= 0.3 is 0 Å². The van der Waals surface area contributed by atoms with Gasteiger partial charge in [-0.3, -0.25) is 9.78 Å². The zero-order valence-corrected chi connectivity index (χ0v) is 14.8. The largest absolute Gasteiger partial charge is 0.352 e. The highest BCUT2D eigenvalue weighted by Gasteiger charge is 2.06. The van der Waals surface area contributed by atoms with Crippen LogP contribution in [0.3, 0.4) is 0 Å². The molecule has 0 fully saturated rings. The van der Waals surface area contributed by atoms with Gasteiger partial charge in [0.2, 0.25) is 5.91 Å². The number of amides is 1. The number of pyridine rings is 1. The number of thiophene rings is 1. The summed E-state index contributed by atoms with van der Waals surface area (Å²) in [5, 5.41) is 7.00. The Bertz CT molecular complexity index is 862. The monoisotopic (exact) mass is 354 g/mol. The highest BCUT2D eigenvalue weighted by molar-refractivity contribution is 7.08. The molecule has 3 aromatic rings. The van der Waals surface area contributed by atoms with E-state index in [-0.39, 0.29) is 11.7 Å². The van der Waals surface area contributed by atoms with Gasteiger partial charge in [-0.1, -0.05) is 12.1 Å². The van der Waals surface area contributed by atoms with Crippen molar-refractivity contribution in [1.82, 2.24) is 10.3 Å². The number of aryl methyl sites for hydroxylation is 2. The topological polar surface area (TPSA) is 42.0 Å². The van der Waals surface area contributed by atoms with Gasteiger partial charge in [-0.25, -0.2) is 4.39 Å². The van der Waals surface area contributed by atoms with Crippen LogP contribution >= 0.6 is 11.3 Å². The van der Waals surface area contributed by atoms with E-state index in [1.54, 1.807) is 36.6 Å². The Morgan fingerprint density at radius 3 is 2.84 bits per heavy atom. The molecule has 0 aliphatic rings. The van der Waals surface area contributed by atoms with Gasteiger partial charge in [0.1, 0.15) is 5.82 Å². The van der Waals surface area contributed by atoms with E-state index in [0.717, 1.165) is 22.4 Å². The molecule has 0 unspecified atom stereocenters. The molecule has 2 heterocycles. The van der Waals surface area contributed by atoms with Gasteiger partial charge < -0.3 is 5.32 Å². The lowest BCUT2D eigenvalue weighted by atomic mass is 10.1. The fourth-order valence-electron chi connectivity index (χ4n) is 2.56. The van der Waals surface area contributed by atoms with Crippen LogP contribution in [0.5, 0.6) is 0 Å². The third kappa shape index (κ3) is 4.73. The molecule has 5 heteroatoms. The quantitative estimate of drug-likeness (QED) is 0.708. The Kier molecular flexibility index (Phi) is 5.56. The zero-order chi connectivity index (χ0) is 17.6. The molecule has 0 atom stereocenters. The molecule has 3 nitrogen and oxygen atoms in total. The minimum atomic E-state index is -0.215. The van der Waals surface area contributed by atoms with Crippen LogP contribution in [0.4, 0.5) is 4.39 Å². The van der Waals surface area contributed by atoms with E-state index in [1.807, 2.05) is 23.6 Å². The number of benzene rings is 1. The highest BCUT2D eigenvalue weighted by Crippen LogP contribution is 2.20. The van der Waals surface area contributed by atoms with Crippen molar-refractivity contribution in [2.45, 2.75) is 26.3 Å². The maximum Gasteiger partial charge on any atom is 0.220 e. The van der Waals surface area contributed by atoms with Crippen molar-refractivity contribution in [1.29, 1.82) is 0 Å². The first-order valence-corrected chi connectivity index (χ1v) is 9.05. The second-order valence-electron chi connectivity index (χ2n) is 5.92. The van der Waals surface area contributed by atoms with Crippen molar-refractivity contribution in [3.8, 4) is 11.3 Å². The Balaban J connectivity index is 1.52. The fraction of sp³-hybridized carbons (Fsp3) is 0.200. The van der Waals surface area contributed by atoms with E-state index < -0.39 is 0 Å². The summed E-state index contributed by atoms with van der Waals surface area (Å²) in [7, 11) is 0. The summed E-state index contributed by atoms with van der Waals surface area (Å²) in [5.74, 6) is -0.233. The summed E-state index contributed by atoms with van der Waals surface area (Å²) in [6.45, 7) is 2.20. The van der Waals surface area contributed by atoms with Gasteiger partial charge in [-0.2, -0.15) is 11.3 Å². The Labute approximate surface area is 150 Å². The van der Waals surface area contributed by atoms with Crippen molar-refractivity contribution in [3.63, 3.8) is 0 Å². The predicted octanol–water partition coefficient (Wildman–Crippen LogP) is 4.51. The first kappa shape index (κ1) is 17.3. The fourth-order valence-corrected chi connectivity index (χ4v) is 3.21. The summed E-state index contributed by atoms with van der Waals surface area (Å²) < 4.78 is 13.3. The molecule has 0 radical (unpaired) electrons. The van der Waals surface area contributed by atoms with Gasteiger partial charge in [0.25, 0.3) is 0 Å². The van der Waals surface area contributed by atoms with Crippen LogP contribution in [-0.4, -0.2) is 10.9 Å². The molecule has 0 aliphatic carbocycles. The summed E-state index contributed by atoms with van der Waals surface area (Å²) in [6, 6.07) is 10.9. The molecule has 3 rings (SSSR count). The van der Waals surface area contributed by atoms with E-state index in [9.17, 15) is 9.18 Å². The predicted molar refractivity (Wildman–Crippen MR) is 98.9 cm³/mol. The number of halogens is 1. The summed E-state index contributed by atoms with van der Waals surface area (Å²) in [4.78, 5) is 16.4. The lowest BCUT2D eigenvalue weighted by Crippen LogP contribution is -2.23. The van der Waals surface area contributed by atoms with Gasteiger partial charge in [-0.15, -0.1) is 0 Å². The van der Waals surface area contributed by atoms with Crippen molar-refractivity contribution in [2.24, 2.45) is 0 Å². The molecule has 0 bridgehead atoms. The van der Waals surface area contributed by atoms with Crippen molar-refractivity contribution < 1.29 is 9.18 Å². The normalized spacial score (nSPS) is 10.6. The molecular weight excluding hydrogens is 335 g/mol. The average Bonchev–Trinajstić information content (AvgIpc) is 3.16. The number of rotatable bonds is 6. The maximum atomic E-state index is 13.3. The lowest BCUT2D eigenvalue weighted by Gasteiger charge is -2.07. The second kappa shape index (κ2) is 8.03. The number of hydrogen-bond acceptors (Lipinski definition) is 3. The first-order chi connectivity index (χ1) is 12.1. The number of aromatic nitrogens is 1. The van der Waals surface area contributed by atoms with Crippen molar-refractivity contribution >= 4 is 17.2 Å². The number of hydrogen-bond donors (Lipinski definition) is 1. The highest BCUT2D eigenvalue weighted by atomic mass is 32.1. The molecular formula is C20H19FN2OS. The molecule has 0 spiro atoms. The lowest BCUT2D eigenvalue weighted by molar-refractivity contribution is -0.121. The third-order valence-electron chi connectivity index (χ3n) is 3.99. The molecule has 1 amide bonds. The van der Waals surface area contributed by atoms with Gasteiger partial charge in [0, 0.05) is 30.1 Å². The molecule has 0 saturated heterocycles. The average molecular weight is 354 g/mol. The summed E-state index contributed by atoms with van der Waals surface area (Å²) in [5.41, 5.74) is 4.59.